The minimum atomic E-state index is 0.515. The molecule has 0 heterocycles. The number of nitrogens with zero attached hydrogens (tertiary/aromatic N) is 1. The molecule has 2 rings (SSSR count). The third-order valence-electron chi connectivity index (χ3n) is 4.19. The van der Waals surface area contributed by atoms with Gasteiger partial charge in [-0.15, -0.1) is 0 Å². The summed E-state index contributed by atoms with van der Waals surface area (Å²) in [7, 11) is 0. The Hall–Kier alpha value is -0.860. The third kappa shape index (κ3) is 3.33. The van der Waals surface area contributed by atoms with Gasteiger partial charge < -0.3 is 5.73 Å². The largest absolute Gasteiger partial charge is 0.330 e. The fourth-order valence-corrected chi connectivity index (χ4v) is 3.13. The number of benzene rings is 1. The van der Waals surface area contributed by atoms with E-state index in [4.69, 9.17) is 5.73 Å². The van der Waals surface area contributed by atoms with Gasteiger partial charge in [0.1, 0.15) is 0 Å². The second-order valence-electron chi connectivity index (χ2n) is 5.40. The number of hydrogen-bond acceptors (Lipinski definition) is 2. The summed E-state index contributed by atoms with van der Waals surface area (Å²) in [5, 5.41) is 0. The van der Waals surface area contributed by atoms with E-state index >= 15 is 0 Å². The molecular weight excluding hydrogens is 220 g/mol. The van der Waals surface area contributed by atoms with Gasteiger partial charge in [-0.2, -0.15) is 0 Å². The van der Waals surface area contributed by atoms with Gasteiger partial charge in [-0.25, -0.2) is 0 Å². The molecule has 1 aliphatic carbocycles. The number of rotatable bonds is 6. The maximum absolute atomic E-state index is 5.69. The van der Waals surface area contributed by atoms with Gasteiger partial charge in [0.2, 0.25) is 0 Å². The second kappa shape index (κ2) is 6.91. The predicted molar refractivity (Wildman–Crippen MR) is 77.5 cm³/mol. The molecule has 0 aromatic heterocycles. The highest BCUT2D eigenvalue weighted by molar-refractivity contribution is 5.18. The lowest BCUT2D eigenvalue weighted by Gasteiger charge is -2.34. The molecule has 18 heavy (non-hydrogen) atoms. The van der Waals surface area contributed by atoms with E-state index in [1.165, 1.54) is 31.2 Å². The maximum atomic E-state index is 5.69. The summed E-state index contributed by atoms with van der Waals surface area (Å²) in [6, 6.07) is 12.1. The second-order valence-corrected chi connectivity index (χ2v) is 5.40. The Kier molecular flexibility index (Phi) is 5.21. The van der Waals surface area contributed by atoms with Crippen molar-refractivity contribution in [2.75, 3.05) is 13.1 Å². The van der Waals surface area contributed by atoms with E-state index in [9.17, 15) is 0 Å². The van der Waals surface area contributed by atoms with E-state index in [1.54, 1.807) is 0 Å². The zero-order valence-electron chi connectivity index (χ0n) is 11.5. The van der Waals surface area contributed by atoms with Crippen LogP contribution in [-0.2, 0) is 0 Å². The summed E-state index contributed by atoms with van der Waals surface area (Å²) in [5.41, 5.74) is 7.12. The van der Waals surface area contributed by atoms with Crippen LogP contribution >= 0.6 is 0 Å². The molecule has 0 radical (unpaired) electrons. The Morgan fingerprint density at radius 3 is 2.50 bits per heavy atom. The van der Waals surface area contributed by atoms with Crippen molar-refractivity contribution < 1.29 is 0 Å². The first-order chi connectivity index (χ1) is 8.83. The van der Waals surface area contributed by atoms with Crippen LogP contribution in [0.1, 0.15) is 50.6 Å². The fraction of sp³-hybridized carbons (Fsp3) is 0.625. The molecule has 1 aliphatic rings. The lowest BCUT2D eigenvalue weighted by Crippen LogP contribution is -2.37. The van der Waals surface area contributed by atoms with Crippen molar-refractivity contribution in [3.05, 3.63) is 35.9 Å². The lowest BCUT2D eigenvalue weighted by atomic mass is 10.0. The molecule has 1 fully saturated rings. The van der Waals surface area contributed by atoms with Gasteiger partial charge in [-0.05, 0) is 38.3 Å². The molecule has 2 nitrogen and oxygen atoms in total. The molecule has 2 N–H and O–H groups in total. The van der Waals surface area contributed by atoms with E-state index in [0.29, 0.717) is 6.04 Å². The molecule has 1 unspecified atom stereocenters. The van der Waals surface area contributed by atoms with E-state index in [-0.39, 0.29) is 0 Å². The Balaban J connectivity index is 2.07. The van der Waals surface area contributed by atoms with Crippen LogP contribution in [-0.4, -0.2) is 24.0 Å². The van der Waals surface area contributed by atoms with Crippen LogP contribution in [0.5, 0.6) is 0 Å². The lowest BCUT2D eigenvalue weighted by molar-refractivity contribution is 0.144. The molecule has 0 spiro atoms. The van der Waals surface area contributed by atoms with Crippen molar-refractivity contribution in [3.63, 3.8) is 0 Å². The molecule has 1 atom stereocenters. The topological polar surface area (TPSA) is 29.3 Å². The molecule has 0 saturated heterocycles. The first-order valence-corrected chi connectivity index (χ1v) is 7.33. The van der Waals surface area contributed by atoms with Crippen LogP contribution in [0, 0.1) is 0 Å². The van der Waals surface area contributed by atoms with Crippen molar-refractivity contribution >= 4 is 0 Å². The monoisotopic (exact) mass is 246 g/mol. The van der Waals surface area contributed by atoms with Crippen LogP contribution in [0.4, 0.5) is 0 Å². The Morgan fingerprint density at radius 2 is 1.89 bits per heavy atom. The fourth-order valence-electron chi connectivity index (χ4n) is 3.13. The van der Waals surface area contributed by atoms with Gasteiger partial charge in [0.05, 0.1) is 0 Å². The summed E-state index contributed by atoms with van der Waals surface area (Å²) in [5.74, 6) is 0. The molecule has 2 heteroatoms. The van der Waals surface area contributed by atoms with E-state index in [0.717, 1.165) is 25.6 Å². The van der Waals surface area contributed by atoms with Crippen LogP contribution in [0.3, 0.4) is 0 Å². The number of hydrogen-bond donors (Lipinski definition) is 1. The van der Waals surface area contributed by atoms with Crippen molar-refractivity contribution in [2.24, 2.45) is 5.73 Å². The molecule has 100 valence electrons. The summed E-state index contributed by atoms with van der Waals surface area (Å²) < 4.78 is 0. The standard InChI is InChI=1S/C16H26N2/c1-14(15-8-3-2-4-9-15)18(13-7-12-17)16-10-5-6-11-16/h2-4,8-9,14,16H,5-7,10-13,17H2,1H3. The normalized spacial score (nSPS) is 18.4. The van der Waals surface area contributed by atoms with Crippen molar-refractivity contribution in [1.29, 1.82) is 0 Å². The molecule has 0 bridgehead atoms. The molecule has 1 aromatic rings. The van der Waals surface area contributed by atoms with Crippen molar-refractivity contribution in [1.82, 2.24) is 4.90 Å². The quantitative estimate of drug-likeness (QED) is 0.834. The maximum Gasteiger partial charge on any atom is 0.0322 e. The minimum absolute atomic E-state index is 0.515. The molecule has 1 aromatic carbocycles. The zero-order valence-corrected chi connectivity index (χ0v) is 11.5. The Bertz CT molecular complexity index is 330. The van der Waals surface area contributed by atoms with Gasteiger partial charge in [0.15, 0.2) is 0 Å². The molecule has 1 saturated carbocycles. The van der Waals surface area contributed by atoms with Gasteiger partial charge in [-0.3, -0.25) is 4.90 Å². The van der Waals surface area contributed by atoms with E-state index in [1.807, 2.05) is 0 Å². The summed E-state index contributed by atoms with van der Waals surface area (Å²) in [6.45, 7) is 4.27. The Labute approximate surface area is 111 Å². The van der Waals surface area contributed by atoms with Crippen LogP contribution in [0.15, 0.2) is 30.3 Å². The van der Waals surface area contributed by atoms with Gasteiger partial charge >= 0.3 is 0 Å². The van der Waals surface area contributed by atoms with Crippen LogP contribution in [0.25, 0.3) is 0 Å². The highest BCUT2D eigenvalue weighted by Crippen LogP contribution is 2.30. The van der Waals surface area contributed by atoms with Gasteiger partial charge in [-0.1, -0.05) is 43.2 Å². The molecular formula is C16H26N2. The first-order valence-electron chi connectivity index (χ1n) is 7.33. The highest BCUT2D eigenvalue weighted by Gasteiger charge is 2.26. The minimum Gasteiger partial charge on any atom is -0.330 e. The first kappa shape index (κ1) is 13.6. The third-order valence-corrected chi connectivity index (χ3v) is 4.19. The van der Waals surface area contributed by atoms with E-state index < -0.39 is 0 Å². The Morgan fingerprint density at radius 1 is 1.22 bits per heavy atom. The van der Waals surface area contributed by atoms with Gasteiger partial charge in [0, 0.05) is 18.6 Å². The van der Waals surface area contributed by atoms with Crippen LogP contribution in [0.2, 0.25) is 0 Å². The molecule has 0 aliphatic heterocycles. The SMILES string of the molecule is CC(c1ccccc1)N(CCCN)C1CCCC1. The van der Waals surface area contributed by atoms with Crippen LogP contribution < -0.4 is 5.73 Å². The zero-order chi connectivity index (χ0) is 12.8. The summed E-state index contributed by atoms with van der Waals surface area (Å²) in [4.78, 5) is 2.68. The average Bonchev–Trinajstić information content (AvgIpc) is 2.94. The van der Waals surface area contributed by atoms with E-state index in [2.05, 4.69) is 42.2 Å². The number of nitrogens with two attached hydrogens (primary N) is 1. The highest BCUT2D eigenvalue weighted by atomic mass is 15.2. The van der Waals surface area contributed by atoms with Crippen molar-refractivity contribution in [3.8, 4) is 0 Å². The molecule has 0 amide bonds. The average molecular weight is 246 g/mol. The van der Waals surface area contributed by atoms with Gasteiger partial charge in [0.25, 0.3) is 0 Å². The summed E-state index contributed by atoms with van der Waals surface area (Å²) >= 11 is 0. The smallest absolute Gasteiger partial charge is 0.0322 e. The summed E-state index contributed by atoms with van der Waals surface area (Å²) in [6.07, 6.45) is 6.62. The predicted octanol–water partition coefficient (Wildman–Crippen LogP) is 3.34. The van der Waals surface area contributed by atoms with Crippen molar-refractivity contribution in [2.45, 2.75) is 51.1 Å².